The first-order chi connectivity index (χ1) is 15.9. The normalized spacial score (nSPS) is 16.4. The smallest absolute Gasteiger partial charge is 0.421 e. The molecule has 1 aliphatic rings. The number of fused-ring (bicyclic) bond motifs is 1. The number of halogens is 4. The fourth-order valence-electron chi connectivity index (χ4n) is 4.30. The molecule has 0 aromatic carbocycles. The second-order valence-corrected chi connectivity index (χ2v) is 10.0. The standard InChI is InChI=1S/C23H28ClF3N6O/c1-22(2,3)33-8-5-14(6-9-33)7-10-34-20-16(23(25,26)27)11-15(12-28-20)17-18-19(31-21(24)30-17)32(4)13-29-18/h11-14H,5-10H2,1-4H3. The third kappa shape index (κ3) is 5.27. The number of likely N-dealkylation sites (tertiary alicyclic amines) is 1. The molecule has 11 heteroatoms. The maximum atomic E-state index is 13.9. The quantitative estimate of drug-likeness (QED) is 0.442. The van der Waals surface area contributed by atoms with Gasteiger partial charge in [-0.3, -0.25) is 4.90 Å². The van der Waals surface area contributed by atoms with Crippen LogP contribution in [0.2, 0.25) is 5.28 Å². The van der Waals surface area contributed by atoms with Crippen molar-refractivity contribution in [3.8, 4) is 17.1 Å². The molecule has 0 N–H and O–H groups in total. The topological polar surface area (TPSA) is 69.0 Å². The number of aromatic nitrogens is 5. The Kier molecular flexibility index (Phi) is 6.74. The Labute approximate surface area is 201 Å². The summed E-state index contributed by atoms with van der Waals surface area (Å²) in [4.78, 5) is 18.9. The van der Waals surface area contributed by atoms with E-state index in [-0.39, 0.29) is 28.7 Å². The summed E-state index contributed by atoms with van der Waals surface area (Å²) in [5.41, 5.74) is 0.265. The predicted molar refractivity (Wildman–Crippen MR) is 124 cm³/mol. The highest BCUT2D eigenvalue weighted by Crippen LogP contribution is 2.38. The zero-order valence-corrected chi connectivity index (χ0v) is 20.4. The molecule has 0 atom stereocenters. The molecule has 0 radical (unpaired) electrons. The zero-order valence-electron chi connectivity index (χ0n) is 19.7. The highest BCUT2D eigenvalue weighted by atomic mass is 35.5. The van der Waals surface area contributed by atoms with Crippen LogP contribution in [0.15, 0.2) is 18.6 Å². The highest BCUT2D eigenvalue weighted by Gasteiger charge is 2.36. The van der Waals surface area contributed by atoms with Gasteiger partial charge in [0.05, 0.1) is 12.9 Å². The first-order valence-electron chi connectivity index (χ1n) is 11.2. The number of nitrogens with zero attached hydrogens (tertiary/aromatic N) is 6. The lowest BCUT2D eigenvalue weighted by atomic mass is 9.91. The molecule has 7 nitrogen and oxygen atoms in total. The molecule has 34 heavy (non-hydrogen) atoms. The number of hydrogen-bond acceptors (Lipinski definition) is 6. The summed E-state index contributed by atoms with van der Waals surface area (Å²) in [6.45, 7) is 8.73. The third-order valence-electron chi connectivity index (χ3n) is 6.29. The molecule has 0 saturated carbocycles. The summed E-state index contributed by atoms with van der Waals surface area (Å²) in [5.74, 6) is -0.00592. The Balaban J connectivity index is 1.51. The van der Waals surface area contributed by atoms with E-state index < -0.39 is 17.6 Å². The number of rotatable bonds is 5. The van der Waals surface area contributed by atoms with E-state index in [2.05, 4.69) is 45.6 Å². The van der Waals surface area contributed by atoms with E-state index in [0.29, 0.717) is 23.5 Å². The van der Waals surface area contributed by atoms with Crippen molar-refractivity contribution in [1.29, 1.82) is 0 Å². The van der Waals surface area contributed by atoms with Gasteiger partial charge in [-0.1, -0.05) is 0 Å². The second-order valence-electron chi connectivity index (χ2n) is 9.68. The van der Waals surface area contributed by atoms with Gasteiger partial charge >= 0.3 is 6.18 Å². The van der Waals surface area contributed by atoms with Gasteiger partial charge in [0.25, 0.3) is 0 Å². The lowest BCUT2D eigenvalue weighted by Gasteiger charge is -2.40. The van der Waals surface area contributed by atoms with Crippen LogP contribution in [0.1, 0.15) is 45.6 Å². The second kappa shape index (κ2) is 9.30. The number of alkyl halides is 3. The molecule has 1 fully saturated rings. The van der Waals surface area contributed by atoms with Crippen molar-refractivity contribution in [3.63, 3.8) is 0 Å². The molecule has 3 aromatic heterocycles. The van der Waals surface area contributed by atoms with Crippen molar-refractivity contribution >= 4 is 22.8 Å². The molecule has 0 unspecified atom stereocenters. The predicted octanol–water partition coefficient (Wildman–Crippen LogP) is 5.38. The van der Waals surface area contributed by atoms with Gasteiger partial charge < -0.3 is 9.30 Å². The number of hydrogen-bond donors (Lipinski definition) is 0. The summed E-state index contributed by atoms with van der Waals surface area (Å²) < 4.78 is 48.8. The van der Waals surface area contributed by atoms with Crippen LogP contribution in [-0.2, 0) is 13.2 Å². The highest BCUT2D eigenvalue weighted by molar-refractivity contribution is 6.28. The van der Waals surface area contributed by atoms with Gasteiger partial charge in [-0.25, -0.2) is 15.0 Å². The summed E-state index contributed by atoms with van der Waals surface area (Å²) in [7, 11) is 1.71. The van der Waals surface area contributed by atoms with E-state index in [4.69, 9.17) is 16.3 Å². The first-order valence-corrected chi connectivity index (χ1v) is 11.6. The van der Waals surface area contributed by atoms with Gasteiger partial charge in [0.15, 0.2) is 5.65 Å². The lowest BCUT2D eigenvalue weighted by Crippen LogP contribution is -2.46. The maximum absolute atomic E-state index is 13.9. The molecule has 184 valence electrons. The molecule has 1 saturated heterocycles. The average Bonchev–Trinajstić information content (AvgIpc) is 3.13. The van der Waals surface area contributed by atoms with Gasteiger partial charge in [-0.05, 0) is 76.7 Å². The van der Waals surface area contributed by atoms with Crippen molar-refractivity contribution in [2.75, 3.05) is 19.7 Å². The van der Waals surface area contributed by atoms with Crippen molar-refractivity contribution in [3.05, 3.63) is 29.4 Å². The Morgan fingerprint density at radius 3 is 2.47 bits per heavy atom. The minimum absolute atomic E-state index is 0.0857. The summed E-state index contributed by atoms with van der Waals surface area (Å²) in [5, 5.41) is -0.0857. The van der Waals surface area contributed by atoms with Crippen LogP contribution < -0.4 is 4.74 Å². The molecule has 0 bridgehead atoms. The number of pyridine rings is 1. The fraction of sp³-hybridized carbons (Fsp3) is 0.565. The molecule has 4 heterocycles. The van der Waals surface area contributed by atoms with Crippen LogP contribution >= 0.6 is 11.6 Å². The maximum Gasteiger partial charge on any atom is 0.421 e. The van der Waals surface area contributed by atoms with Crippen LogP contribution in [-0.4, -0.2) is 54.6 Å². The van der Waals surface area contributed by atoms with Gasteiger partial charge in [0.1, 0.15) is 16.8 Å². The Hall–Kier alpha value is -2.46. The summed E-state index contributed by atoms with van der Waals surface area (Å²) >= 11 is 6.01. The van der Waals surface area contributed by atoms with E-state index >= 15 is 0 Å². The fourth-order valence-corrected chi connectivity index (χ4v) is 4.46. The van der Waals surface area contributed by atoms with E-state index in [1.54, 1.807) is 11.6 Å². The van der Waals surface area contributed by atoms with Crippen LogP contribution in [0.25, 0.3) is 22.4 Å². The third-order valence-corrected chi connectivity index (χ3v) is 6.46. The average molecular weight is 497 g/mol. The van der Waals surface area contributed by atoms with Crippen LogP contribution in [0.5, 0.6) is 5.88 Å². The van der Waals surface area contributed by atoms with Crippen LogP contribution in [0.3, 0.4) is 0 Å². The molecule has 0 amide bonds. The first kappa shape index (κ1) is 24.7. The SMILES string of the molecule is Cn1cnc2c(-c3cnc(OCCC4CCN(C(C)(C)C)CC4)c(C(F)(F)F)c3)nc(Cl)nc21. The Morgan fingerprint density at radius 1 is 1.12 bits per heavy atom. The van der Waals surface area contributed by atoms with E-state index in [1.165, 1.54) is 12.5 Å². The van der Waals surface area contributed by atoms with Crippen LogP contribution in [0.4, 0.5) is 13.2 Å². The zero-order chi connectivity index (χ0) is 24.7. The van der Waals surface area contributed by atoms with E-state index in [9.17, 15) is 13.2 Å². The largest absolute Gasteiger partial charge is 0.477 e. The molecule has 0 aliphatic carbocycles. The molecule has 3 aromatic rings. The number of piperidine rings is 1. The Morgan fingerprint density at radius 2 is 1.82 bits per heavy atom. The van der Waals surface area contributed by atoms with Crippen molar-refractivity contribution < 1.29 is 17.9 Å². The number of imidazole rings is 1. The molecule has 4 rings (SSSR count). The lowest BCUT2D eigenvalue weighted by molar-refractivity contribution is -0.139. The van der Waals surface area contributed by atoms with Gasteiger partial charge in [0.2, 0.25) is 11.2 Å². The molecule has 1 aliphatic heterocycles. The van der Waals surface area contributed by atoms with Crippen LogP contribution in [0, 0.1) is 5.92 Å². The van der Waals surface area contributed by atoms with E-state index in [0.717, 1.165) is 32.0 Å². The molecule has 0 spiro atoms. The van der Waals surface area contributed by atoms with Crippen molar-refractivity contribution in [1.82, 2.24) is 29.4 Å². The van der Waals surface area contributed by atoms with Crippen molar-refractivity contribution in [2.45, 2.75) is 51.7 Å². The minimum atomic E-state index is -4.64. The van der Waals surface area contributed by atoms with Crippen molar-refractivity contribution in [2.24, 2.45) is 13.0 Å². The Bertz CT molecular complexity index is 1170. The minimum Gasteiger partial charge on any atom is -0.477 e. The van der Waals surface area contributed by atoms with E-state index in [1.807, 2.05) is 0 Å². The number of ether oxygens (including phenoxy) is 1. The van der Waals surface area contributed by atoms with Gasteiger partial charge in [-0.2, -0.15) is 18.2 Å². The summed E-state index contributed by atoms with van der Waals surface area (Å²) in [6, 6.07) is 0.983. The molecular weight excluding hydrogens is 469 g/mol. The van der Waals surface area contributed by atoms with Gasteiger partial charge in [-0.15, -0.1) is 0 Å². The van der Waals surface area contributed by atoms with Gasteiger partial charge in [0, 0.05) is 24.3 Å². The number of aryl methyl sites for hydroxylation is 1. The monoisotopic (exact) mass is 496 g/mol. The summed E-state index contributed by atoms with van der Waals surface area (Å²) in [6.07, 6.45) is 0.868. The molecular formula is C23H28ClF3N6O.